The van der Waals surface area contributed by atoms with E-state index in [1.165, 1.54) is 12.8 Å². The standard InChI is InChI=1S/C13H23F3O/c1-3-4-10(2)9-11-5-7-12(8-6-11)17-13(14,15)16/h10-12H,3-9H2,1-2H3. The molecule has 0 spiro atoms. The Hall–Kier alpha value is -0.250. The van der Waals surface area contributed by atoms with Crippen LogP contribution in [0.2, 0.25) is 0 Å². The molecule has 0 aliphatic heterocycles. The van der Waals surface area contributed by atoms with Gasteiger partial charge in [0.2, 0.25) is 0 Å². The van der Waals surface area contributed by atoms with E-state index in [0.717, 1.165) is 19.3 Å². The second-order valence-electron chi connectivity index (χ2n) is 5.34. The fourth-order valence-electron chi connectivity index (χ4n) is 2.85. The van der Waals surface area contributed by atoms with E-state index >= 15 is 0 Å². The van der Waals surface area contributed by atoms with Crippen LogP contribution in [0.5, 0.6) is 0 Å². The number of halogens is 3. The van der Waals surface area contributed by atoms with Crippen molar-refractivity contribution in [1.29, 1.82) is 0 Å². The van der Waals surface area contributed by atoms with Gasteiger partial charge in [-0.25, -0.2) is 0 Å². The minimum absolute atomic E-state index is 0.559. The topological polar surface area (TPSA) is 9.23 Å². The minimum Gasteiger partial charge on any atom is -0.289 e. The third kappa shape index (κ3) is 6.29. The molecule has 0 aromatic heterocycles. The average molecular weight is 252 g/mol. The first-order valence-electron chi connectivity index (χ1n) is 6.65. The Balaban J connectivity index is 2.21. The first-order chi connectivity index (χ1) is 7.90. The van der Waals surface area contributed by atoms with E-state index < -0.39 is 12.5 Å². The van der Waals surface area contributed by atoms with Crippen LogP contribution in [-0.4, -0.2) is 12.5 Å². The molecule has 0 saturated heterocycles. The number of alkyl halides is 3. The fourth-order valence-corrected chi connectivity index (χ4v) is 2.85. The molecule has 1 atom stereocenters. The summed E-state index contributed by atoms with van der Waals surface area (Å²) in [5, 5.41) is 0. The maximum Gasteiger partial charge on any atom is 0.522 e. The van der Waals surface area contributed by atoms with Crippen LogP contribution >= 0.6 is 0 Å². The van der Waals surface area contributed by atoms with E-state index in [4.69, 9.17) is 0 Å². The lowest BCUT2D eigenvalue weighted by molar-refractivity contribution is -0.345. The Labute approximate surface area is 102 Å². The summed E-state index contributed by atoms with van der Waals surface area (Å²) >= 11 is 0. The molecular weight excluding hydrogens is 229 g/mol. The zero-order chi connectivity index (χ0) is 12.9. The summed E-state index contributed by atoms with van der Waals surface area (Å²) in [5.41, 5.74) is 0. The van der Waals surface area contributed by atoms with Gasteiger partial charge in [0.1, 0.15) is 0 Å². The van der Waals surface area contributed by atoms with Crippen molar-refractivity contribution in [2.24, 2.45) is 11.8 Å². The molecule has 1 fully saturated rings. The summed E-state index contributed by atoms with van der Waals surface area (Å²) in [6, 6.07) is 0. The molecule has 0 radical (unpaired) electrons. The van der Waals surface area contributed by atoms with Gasteiger partial charge >= 0.3 is 6.36 Å². The Kier molecular flexibility index (Phi) is 5.77. The highest BCUT2D eigenvalue weighted by Crippen LogP contribution is 2.34. The number of rotatable bonds is 5. The van der Waals surface area contributed by atoms with Crippen molar-refractivity contribution >= 4 is 0 Å². The van der Waals surface area contributed by atoms with E-state index in [1.54, 1.807) is 0 Å². The molecule has 0 aromatic carbocycles. The van der Waals surface area contributed by atoms with E-state index in [0.29, 0.717) is 24.7 Å². The molecular formula is C13H23F3O. The highest BCUT2D eigenvalue weighted by molar-refractivity contribution is 4.74. The second-order valence-corrected chi connectivity index (χ2v) is 5.34. The molecule has 0 amide bonds. The highest BCUT2D eigenvalue weighted by Gasteiger charge is 2.35. The first kappa shape index (κ1) is 14.8. The van der Waals surface area contributed by atoms with Crippen molar-refractivity contribution < 1.29 is 17.9 Å². The minimum atomic E-state index is -4.47. The normalized spacial score (nSPS) is 28.1. The molecule has 4 heteroatoms. The van der Waals surface area contributed by atoms with Crippen molar-refractivity contribution in [2.75, 3.05) is 0 Å². The van der Waals surface area contributed by atoms with Gasteiger partial charge in [-0.15, -0.1) is 13.2 Å². The Morgan fingerprint density at radius 3 is 2.24 bits per heavy atom. The van der Waals surface area contributed by atoms with Gasteiger partial charge in [-0.1, -0.05) is 26.7 Å². The monoisotopic (exact) mass is 252 g/mol. The average Bonchev–Trinajstić information content (AvgIpc) is 2.19. The summed E-state index contributed by atoms with van der Waals surface area (Å²) in [4.78, 5) is 0. The van der Waals surface area contributed by atoms with Crippen molar-refractivity contribution in [3.05, 3.63) is 0 Å². The molecule has 1 rings (SSSR count). The van der Waals surface area contributed by atoms with Crippen molar-refractivity contribution in [2.45, 2.75) is 71.3 Å². The van der Waals surface area contributed by atoms with Crippen molar-refractivity contribution in [1.82, 2.24) is 0 Å². The quantitative estimate of drug-likeness (QED) is 0.675. The fraction of sp³-hybridized carbons (Fsp3) is 1.00. The van der Waals surface area contributed by atoms with Gasteiger partial charge < -0.3 is 0 Å². The summed E-state index contributed by atoms with van der Waals surface area (Å²) in [5.74, 6) is 1.30. The van der Waals surface area contributed by atoms with Crippen molar-refractivity contribution in [3.63, 3.8) is 0 Å². The number of hydrogen-bond donors (Lipinski definition) is 0. The van der Waals surface area contributed by atoms with Crippen LogP contribution in [-0.2, 0) is 4.74 Å². The summed E-state index contributed by atoms with van der Waals surface area (Å²) < 4.78 is 40.2. The highest BCUT2D eigenvalue weighted by atomic mass is 19.4. The molecule has 1 nitrogen and oxygen atoms in total. The molecule has 102 valence electrons. The third-order valence-electron chi connectivity index (χ3n) is 3.61. The van der Waals surface area contributed by atoms with Crippen LogP contribution in [0.15, 0.2) is 0 Å². The molecule has 0 bridgehead atoms. The van der Waals surface area contributed by atoms with Gasteiger partial charge in [-0.3, -0.25) is 4.74 Å². The largest absolute Gasteiger partial charge is 0.522 e. The molecule has 1 aliphatic rings. The van der Waals surface area contributed by atoms with Gasteiger partial charge in [0, 0.05) is 0 Å². The van der Waals surface area contributed by atoms with E-state index in [2.05, 4.69) is 18.6 Å². The van der Waals surface area contributed by atoms with Gasteiger partial charge in [0.15, 0.2) is 0 Å². The summed E-state index contributed by atoms with van der Waals surface area (Å²) in [6.07, 6.45) is 1.38. The molecule has 1 unspecified atom stereocenters. The molecule has 0 N–H and O–H groups in total. The number of hydrogen-bond acceptors (Lipinski definition) is 1. The van der Waals surface area contributed by atoms with Crippen LogP contribution < -0.4 is 0 Å². The molecule has 1 aliphatic carbocycles. The summed E-state index contributed by atoms with van der Waals surface area (Å²) in [6.45, 7) is 4.41. The summed E-state index contributed by atoms with van der Waals surface area (Å²) in [7, 11) is 0. The van der Waals surface area contributed by atoms with Gasteiger partial charge in [0.05, 0.1) is 6.10 Å². The zero-order valence-corrected chi connectivity index (χ0v) is 10.7. The lowest BCUT2D eigenvalue weighted by atomic mass is 9.81. The lowest BCUT2D eigenvalue weighted by Gasteiger charge is -2.30. The predicted molar refractivity (Wildman–Crippen MR) is 61.6 cm³/mol. The molecule has 0 heterocycles. The zero-order valence-electron chi connectivity index (χ0n) is 10.7. The third-order valence-corrected chi connectivity index (χ3v) is 3.61. The Morgan fingerprint density at radius 2 is 1.76 bits per heavy atom. The molecule has 17 heavy (non-hydrogen) atoms. The van der Waals surface area contributed by atoms with Crippen LogP contribution in [0.1, 0.15) is 58.8 Å². The van der Waals surface area contributed by atoms with E-state index in [-0.39, 0.29) is 0 Å². The first-order valence-corrected chi connectivity index (χ1v) is 6.65. The molecule has 0 aromatic rings. The molecule has 1 saturated carbocycles. The van der Waals surface area contributed by atoms with E-state index in [1.807, 2.05) is 0 Å². The maximum absolute atomic E-state index is 12.0. The van der Waals surface area contributed by atoms with Crippen LogP contribution in [0.3, 0.4) is 0 Å². The second kappa shape index (κ2) is 6.62. The van der Waals surface area contributed by atoms with Crippen LogP contribution in [0.25, 0.3) is 0 Å². The van der Waals surface area contributed by atoms with Crippen molar-refractivity contribution in [3.8, 4) is 0 Å². The Morgan fingerprint density at radius 1 is 1.18 bits per heavy atom. The van der Waals surface area contributed by atoms with Crippen LogP contribution in [0, 0.1) is 11.8 Å². The van der Waals surface area contributed by atoms with Crippen LogP contribution in [0.4, 0.5) is 13.2 Å². The predicted octanol–water partition coefficient (Wildman–Crippen LogP) is 4.91. The van der Waals surface area contributed by atoms with Gasteiger partial charge in [-0.05, 0) is 43.9 Å². The lowest BCUT2D eigenvalue weighted by Crippen LogP contribution is -2.28. The SMILES string of the molecule is CCCC(C)CC1CCC(OC(F)(F)F)CC1. The number of ether oxygens (including phenoxy) is 1. The van der Waals surface area contributed by atoms with Gasteiger partial charge in [-0.2, -0.15) is 0 Å². The van der Waals surface area contributed by atoms with E-state index in [9.17, 15) is 13.2 Å². The Bertz CT molecular complexity index is 207. The van der Waals surface area contributed by atoms with Gasteiger partial charge in [0.25, 0.3) is 0 Å². The maximum atomic E-state index is 12.0. The smallest absolute Gasteiger partial charge is 0.289 e.